The van der Waals surface area contributed by atoms with E-state index < -0.39 is 7.25 Å². The van der Waals surface area contributed by atoms with Crippen LogP contribution in [-0.2, 0) is 0 Å². The maximum atomic E-state index is 9.75. The Labute approximate surface area is 159 Å². The van der Waals surface area contributed by atoms with Crippen LogP contribution in [0, 0.1) is 0 Å². The highest BCUT2D eigenvalue weighted by Gasteiger charge is 2.20. The Morgan fingerprint density at radius 1 is 1.04 bits per heavy atom. The maximum absolute atomic E-state index is 9.75. The summed E-state index contributed by atoms with van der Waals surface area (Å²) in [5, 5.41) is 11.0. The monoisotopic (exact) mass is 397 g/mol. The fourth-order valence-corrected chi connectivity index (χ4v) is 2.48. The van der Waals surface area contributed by atoms with Crippen LogP contribution in [0.3, 0.4) is 0 Å². The van der Waals surface area contributed by atoms with E-state index in [-0.39, 0.29) is 6.61 Å². The molecule has 0 unspecified atom stereocenters. The van der Waals surface area contributed by atoms with Crippen molar-refractivity contribution in [3.05, 3.63) is 60.0 Å². The Hall–Kier alpha value is -2.81. The number of nitrogens with one attached hydrogen (secondary N) is 1. The van der Waals surface area contributed by atoms with Gasteiger partial charge in [-0.25, -0.2) is 4.99 Å². The molecule has 0 radical (unpaired) electrons. The second-order valence-electron chi connectivity index (χ2n) is 5.75. The Kier molecular flexibility index (Phi) is 7.63. The summed E-state index contributed by atoms with van der Waals surface area (Å²) < 4.78 is 50.2. The predicted octanol–water partition coefficient (Wildman–Crippen LogP) is 2.77. The van der Waals surface area contributed by atoms with E-state index in [1.165, 1.54) is 0 Å². The first-order chi connectivity index (χ1) is 13.3. The summed E-state index contributed by atoms with van der Waals surface area (Å²) in [6, 6.07) is 17.7. The lowest BCUT2D eigenvalue weighted by molar-refractivity contribution is -0.500. The summed E-state index contributed by atoms with van der Waals surface area (Å²) in [4.78, 5) is 3.38. The van der Waals surface area contributed by atoms with Crippen molar-refractivity contribution in [3.63, 3.8) is 0 Å². The zero-order valence-electron chi connectivity index (χ0n) is 15.2. The van der Waals surface area contributed by atoms with E-state index in [9.17, 15) is 17.3 Å². The van der Waals surface area contributed by atoms with E-state index in [1.807, 2.05) is 54.6 Å². The first kappa shape index (κ1) is 21.5. The predicted molar refractivity (Wildman–Crippen MR) is 99.1 cm³/mol. The van der Waals surface area contributed by atoms with Gasteiger partial charge in [0.25, 0.3) is 0 Å². The lowest BCUT2D eigenvalue weighted by Gasteiger charge is -2.04. The molecule has 4 nitrogen and oxygen atoms in total. The van der Waals surface area contributed by atoms with Crippen molar-refractivity contribution >= 4 is 18.2 Å². The van der Waals surface area contributed by atoms with Gasteiger partial charge in [0.2, 0.25) is 5.36 Å². The van der Waals surface area contributed by atoms with E-state index in [1.54, 1.807) is 7.11 Å². The third-order valence-electron chi connectivity index (χ3n) is 3.70. The Morgan fingerprint density at radius 2 is 1.68 bits per heavy atom. The summed E-state index contributed by atoms with van der Waals surface area (Å²) in [5.74, 6) is 1.61. The molecule has 0 aliphatic carbocycles. The highest BCUT2D eigenvalue weighted by molar-refractivity contribution is 6.50. The number of halogens is 4. The smallest absolute Gasteiger partial charge is 0.497 e. The van der Waals surface area contributed by atoms with Gasteiger partial charge in [0.15, 0.2) is 0 Å². The molecule has 1 heterocycles. The number of hydrogen-bond acceptors (Lipinski definition) is 3. The van der Waals surface area contributed by atoms with Gasteiger partial charge in [-0.2, -0.15) is 0 Å². The number of aliphatic hydroxyl groups is 1. The first-order valence-corrected chi connectivity index (χ1v) is 8.54. The second-order valence-corrected chi connectivity index (χ2v) is 5.75. The molecule has 0 spiro atoms. The number of rotatable bonds is 5. The van der Waals surface area contributed by atoms with E-state index in [0.717, 1.165) is 33.4 Å². The molecule has 0 amide bonds. The van der Waals surface area contributed by atoms with Crippen LogP contribution in [0.2, 0.25) is 0 Å². The zero-order chi connectivity index (χ0) is 20.6. The highest BCUT2D eigenvalue weighted by atomic mass is 19.5. The van der Waals surface area contributed by atoms with Crippen molar-refractivity contribution in [2.75, 3.05) is 20.3 Å². The van der Waals surface area contributed by atoms with E-state index in [4.69, 9.17) is 14.3 Å². The normalized spacial score (nSPS) is 11.9. The average Bonchev–Trinajstić information content (AvgIpc) is 2.67. The minimum absolute atomic E-state index is 0.174. The molecular weight excluding hydrogens is 377 g/mol. The van der Waals surface area contributed by atoms with Crippen LogP contribution in [0.5, 0.6) is 5.75 Å². The highest BCUT2D eigenvalue weighted by Crippen LogP contribution is 2.23. The van der Waals surface area contributed by atoms with Crippen LogP contribution in [0.1, 0.15) is 6.42 Å². The largest absolute Gasteiger partial charge is 0.673 e. The van der Waals surface area contributed by atoms with Crippen LogP contribution in [0.15, 0.2) is 59.0 Å². The number of para-hydroxylation sites is 1. The molecule has 3 rings (SSSR count). The third kappa shape index (κ3) is 6.73. The molecule has 0 fully saturated rings. The molecule has 2 N–H and O–H groups in total. The fourth-order valence-electron chi connectivity index (χ4n) is 2.48. The number of benzene rings is 2. The summed E-state index contributed by atoms with van der Waals surface area (Å²) in [7, 11) is -4.35. The molecule has 0 saturated carbocycles. The van der Waals surface area contributed by atoms with Crippen LogP contribution in [0.25, 0.3) is 22.3 Å². The van der Waals surface area contributed by atoms with Crippen LogP contribution < -0.4 is 15.1 Å². The summed E-state index contributed by atoms with van der Waals surface area (Å²) in [6.45, 7) is 0.889. The van der Waals surface area contributed by atoms with Gasteiger partial charge < -0.3 is 31.5 Å². The molecule has 0 bridgehead atoms. The van der Waals surface area contributed by atoms with Crippen LogP contribution >= 0.6 is 0 Å². The molecule has 1 aromatic heterocycles. The molecule has 0 aliphatic heterocycles. The number of ether oxygens (including phenoxy) is 1. The minimum atomic E-state index is -6.00. The molecule has 150 valence electrons. The number of methoxy groups -OCH3 is 1. The molecule has 0 saturated heterocycles. The molecule has 0 aliphatic rings. The average molecular weight is 397 g/mol. The van der Waals surface area contributed by atoms with E-state index in [0.29, 0.717) is 13.0 Å². The zero-order valence-corrected chi connectivity index (χ0v) is 15.2. The molecular formula is C19H20BF4NO3. The van der Waals surface area contributed by atoms with Crippen molar-refractivity contribution in [1.82, 2.24) is 0 Å². The molecule has 0 atom stereocenters. The van der Waals surface area contributed by atoms with Crippen LogP contribution in [-0.4, -0.2) is 32.6 Å². The van der Waals surface area contributed by atoms with Crippen molar-refractivity contribution < 1.29 is 36.5 Å². The third-order valence-corrected chi connectivity index (χ3v) is 3.70. The van der Waals surface area contributed by atoms with Crippen LogP contribution in [0.4, 0.5) is 17.3 Å². The first-order valence-electron chi connectivity index (χ1n) is 8.54. The minimum Gasteiger partial charge on any atom is -0.497 e. The quantitative estimate of drug-likeness (QED) is 0.396. The van der Waals surface area contributed by atoms with Gasteiger partial charge in [0.1, 0.15) is 23.6 Å². The van der Waals surface area contributed by atoms with Crippen molar-refractivity contribution in [1.29, 1.82) is 0 Å². The number of aliphatic hydroxyl groups excluding tert-OH is 1. The summed E-state index contributed by atoms with van der Waals surface area (Å²) >= 11 is 0. The lowest BCUT2D eigenvalue weighted by Crippen LogP contribution is -2.76. The maximum Gasteiger partial charge on any atom is 0.673 e. The molecule has 28 heavy (non-hydrogen) atoms. The second kappa shape index (κ2) is 9.94. The lowest BCUT2D eigenvalue weighted by atomic mass is 10.1. The topological polar surface area (TPSA) is 56.6 Å². The number of fused-ring (bicyclic) bond motifs is 1. The molecule has 9 heteroatoms. The SMILES string of the molecule is COc1ccc(-c2cc(=[NH+]CCCO)c3ccccc3o2)cc1.F[B-](F)(F)F. The molecule has 2 aromatic carbocycles. The fraction of sp³-hybridized carbons (Fsp3) is 0.211. The van der Waals surface area contributed by atoms with Gasteiger partial charge in [0, 0.05) is 18.6 Å². The van der Waals surface area contributed by atoms with E-state index in [2.05, 4.69) is 4.99 Å². The Balaban J connectivity index is 0.000000500. The van der Waals surface area contributed by atoms with Gasteiger partial charge in [-0.05, 0) is 36.4 Å². The van der Waals surface area contributed by atoms with Gasteiger partial charge in [-0.15, -0.1) is 0 Å². The summed E-state index contributed by atoms with van der Waals surface area (Å²) in [6.07, 6.45) is 0.707. The van der Waals surface area contributed by atoms with E-state index >= 15 is 0 Å². The van der Waals surface area contributed by atoms with Gasteiger partial charge in [-0.3, -0.25) is 0 Å². The van der Waals surface area contributed by atoms with Crippen molar-refractivity contribution in [2.24, 2.45) is 0 Å². The Morgan fingerprint density at radius 3 is 2.29 bits per heavy atom. The number of hydrogen-bond donors (Lipinski definition) is 2. The summed E-state index contributed by atoms with van der Waals surface area (Å²) in [5.41, 5.74) is 1.81. The molecule has 3 aromatic rings. The Bertz CT molecular complexity index is 950. The van der Waals surface area contributed by atoms with Gasteiger partial charge in [0.05, 0.1) is 18.6 Å². The van der Waals surface area contributed by atoms with Gasteiger partial charge in [-0.1, -0.05) is 12.1 Å². The van der Waals surface area contributed by atoms with Crippen molar-refractivity contribution in [2.45, 2.75) is 6.42 Å². The van der Waals surface area contributed by atoms with Gasteiger partial charge >= 0.3 is 7.25 Å². The standard InChI is InChI=1S/C19H19NO3.BF4/c1-22-15-9-7-14(8-10-15)19-13-17(20-11-4-12-21)16-5-2-3-6-18(16)23-19;2-1(3,4)5/h2-3,5-10,13,21H,4,11-12H2,1H3;/q;-1/p+1. The van der Waals surface area contributed by atoms with Crippen molar-refractivity contribution in [3.8, 4) is 17.1 Å².